The highest BCUT2D eigenvalue weighted by molar-refractivity contribution is 5.66. The Hall–Kier alpha value is -1.96. The van der Waals surface area contributed by atoms with E-state index in [4.69, 9.17) is 5.73 Å². The maximum Gasteiger partial charge on any atom is 0.0357 e. The number of benzene rings is 1. The van der Waals surface area contributed by atoms with Gasteiger partial charge in [-0.25, -0.2) is 0 Å². The number of fused-ring (bicyclic) bond motifs is 1. The molecule has 1 aromatic rings. The first-order valence-corrected chi connectivity index (χ1v) is 6.31. The lowest BCUT2D eigenvalue weighted by molar-refractivity contribution is 0.406. The first-order chi connectivity index (χ1) is 8.76. The SMILES string of the molecule is C=CCN(CC=C)C1=Cc2cccc(N)c2CC1. The van der Waals surface area contributed by atoms with Gasteiger partial charge in [-0.15, -0.1) is 13.2 Å². The highest BCUT2D eigenvalue weighted by Gasteiger charge is 2.15. The number of nitrogens with two attached hydrogens (primary N) is 1. The second kappa shape index (κ2) is 5.58. The van der Waals surface area contributed by atoms with Gasteiger partial charge in [-0.3, -0.25) is 0 Å². The lowest BCUT2D eigenvalue weighted by Crippen LogP contribution is -2.25. The minimum Gasteiger partial charge on any atom is -0.398 e. The Morgan fingerprint density at radius 2 is 1.89 bits per heavy atom. The summed E-state index contributed by atoms with van der Waals surface area (Å²) in [5.41, 5.74) is 10.8. The average molecular weight is 240 g/mol. The summed E-state index contributed by atoms with van der Waals surface area (Å²) >= 11 is 0. The van der Waals surface area contributed by atoms with Gasteiger partial charge in [0, 0.05) is 24.5 Å². The van der Waals surface area contributed by atoms with Crippen LogP contribution in [-0.2, 0) is 6.42 Å². The van der Waals surface area contributed by atoms with E-state index in [0.29, 0.717) is 0 Å². The van der Waals surface area contributed by atoms with Crippen LogP contribution in [-0.4, -0.2) is 18.0 Å². The predicted octanol–water partition coefficient (Wildman–Crippen LogP) is 3.23. The van der Waals surface area contributed by atoms with Crippen molar-refractivity contribution in [1.82, 2.24) is 4.90 Å². The third kappa shape index (κ3) is 2.48. The van der Waals surface area contributed by atoms with Crippen molar-refractivity contribution >= 4 is 11.8 Å². The van der Waals surface area contributed by atoms with E-state index < -0.39 is 0 Å². The van der Waals surface area contributed by atoms with Gasteiger partial charge < -0.3 is 10.6 Å². The van der Waals surface area contributed by atoms with Crippen LogP contribution in [0.15, 0.2) is 49.2 Å². The van der Waals surface area contributed by atoms with Gasteiger partial charge in [-0.1, -0.05) is 24.3 Å². The normalized spacial score (nSPS) is 13.4. The summed E-state index contributed by atoms with van der Waals surface area (Å²) in [5.74, 6) is 0. The van der Waals surface area contributed by atoms with Crippen LogP contribution in [0.25, 0.3) is 6.08 Å². The van der Waals surface area contributed by atoms with Crippen molar-refractivity contribution in [1.29, 1.82) is 0 Å². The molecule has 1 aromatic carbocycles. The van der Waals surface area contributed by atoms with Crippen LogP contribution in [0.4, 0.5) is 5.69 Å². The lowest BCUT2D eigenvalue weighted by Gasteiger charge is -2.28. The Labute approximate surface area is 109 Å². The molecule has 0 saturated carbocycles. The van der Waals surface area contributed by atoms with E-state index in [1.165, 1.54) is 16.8 Å². The number of hydrogen-bond donors (Lipinski definition) is 1. The van der Waals surface area contributed by atoms with E-state index in [9.17, 15) is 0 Å². The van der Waals surface area contributed by atoms with Crippen LogP contribution < -0.4 is 5.73 Å². The van der Waals surface area contributed by atoms with Crippen molar-refractivity contribution in [2.75, 3.05) is 18.8 Å². The summed E-state index contributed by atoms with van der Waals surface area (Å²) in [4.78, 5) is 2.30. The molecular formula is C16H20N2. The molecule has 2 heteroatoms. The van der Waals surface area contributed by atoms with Crippen LogP contribution in [0.3, 0.4) is 0 Å². The highest BCUT2D eigenvalue weighted by atomic mass is 15.1. The number of allylic oxidation sites excluding steroid dienone is 1. The van der Waals surface area contributed by atoms with E-state index >= 15 is 0 Å². The van der Waals surface area contributed by atoms with Gasteiger partial charge in [-0.05, 0) is 36.1 Å². The van der Waals surface area contributed by atoms with Crippen LogP contribution in [0.2, 0.25) is 0 Å². The molecule has 2 rings (SSSR count). The van der Waals surface area contributed by atoms with Crippen molar-refractivity contribution in [3.8, 4) is 0 Å². The Morgan fingerprint density at radius 3 is 2.56 bits per heavy atom. The van der Waals surface area contributed by atoms with Gasteiger partial charge in [0.1, 0.15) is 0 Å². The van der Waals surface area contributed by atoms with Crippen molar-refractivity contribution in [3.63, 3.8) is 0 Å². The molecule has 0 aromatic heterocycles. The van der Waals surface area contributed by atoms with E-state index in [1.54, 1.807) is 0 Å². The fraction of sp³-hybridized carbons (Fsp3) is 0.250. The molecule has 0 radical (unpaired) electrons. The molecule has 0 saturated heterocycles. The van der Waals surface area contributed by atoms with Gasteiger partial charge in [0.2, 0.25) is 0 Å². The number of hydrogen-bond acceptors (Lipinski definition) is 2. The van der Waals surface area contributed by atoms with Gasteiger partial charge in [0.15, 0.2) is 0 Å². The molecule has 94 valence electrons. The molecule has 18 heavy (non-hydrogen) atoms. The molecule has 0 amide bonds. The van der Waals surface area contributed by atoms with Crippen molar-refractivity contribution in [3.05, 3.63) is 60.3 Å². The summed E-state index contributed by atoms with van der Waals surface area (Å²) in [6.07, 6.45) is 8.14. The average Bonchev–Trinajstić information content (AvgIpc) is 2.38. The molecule has 1 aliphatic carbocycles. The number of rotatable bonds is 5. The molecule has 0 spiro atoms. The Balaban J connectivity index is 2.30. The van der Waals surface area contributed by atoms with Gasteiger partial charge >= 0.3 is 0 Å². The number of nitrogens with zero attached hydrogens (tertiary/aromatic N) is 1. The zero-order chi connectivity index (χ0) is 13.0. The minimum absolute atomic E-state index is 0.857. The maximum absolute atomic E-state index is 6.01. The summed E-state index contributed by atoms with van der Waals surface area (Å²) in [6, 6.07) is 6.12. The quantitative estimate of drug-likeness (QED) is 0.632. The molecule has 0 fully saturated rings. The number of nitrogen functional groups attached to an aromatic ring is 1. The molecule has 0 heterocycles. The topological polar surface area (TPSA) is 29.3 Å². The first-order valence-electron chi connectivity index (χ1n) is 6.31. The maximum atomic E-state index is 6.01. The van der Waals surface area contributed by atoms with Crippen LogP contribution >= 0.6 is 0 Å². The second-order valence-electron chi connectivity index (χ2n) is 4.53. The van der Waals surface area contributed by atoms with Crippen molar-refractivity contribution in [2.24, 2.45) is 0 Å². The molecule has 2 nitrogen and oxygen atoms in total. The third-order valence-corrected chi connectivity index (χ3v) is 3.31. The van der Waals surface area contributed by atoms with E-state index in [1.807, 2.05) is 24.3 Å². The molecule has 2 N–H and O–H groups in total. The van der Waals surface area contributed by atoms with Crippen LogP contribution in [0.5, 0.6) is 0 Å². The first kappa shape index (κ1) is 12.5. The summed E-state index contributed by atoms with van der Waals surface area (Å²) in [6.45, 7) is 9.34. The monoisotopic (exact) mass is 240 g/mol. The fourth-order valence-corrected chi connectivity index (χ4v) is 2.42. The molecule has 0 atom stereocenters. The minimum atomic E-state index is 0.857. The zero-order valence-electron chi connectivity index (χ0n) is 10.7. The smallest absolute Gasteiger partial charge is 0.0357 e. The molecule has 0 aliphatic heterocycles. The van der Waals surface area contributed by atoms with Gasteiger partial charge in [0.05, 0.1) is 0 Å². The predicted molar refractivity (Wildman–Crippen MR) is 79.1 cm³/mol. The summed E-state index contributed by atoms with van der Waals surface area (Å²) < 4.78 is 0. The van der Waals surface area contributed by atoms with Crippen LogP contribution in [0, 0.1) is 0 Å². The molecule has 0 unspecified atom stereocenters. The molecule has 1 aliphatic rings. The van der Waals surface area contributed by atoms with Crippen molar-refractivity contribution in [2.45, 2.75) is 12.8 Å². The summed E-state index contributed by atoms with van der Waals surface area (Å²) in [7, 11) is 0. The largest absolute Gasteiger partial charge is 0.398 e. The van der Waals surface area contributed by atoms with Crippen LogP contribution in [0.1, 0.15) is 17.5 Å². The Morgan fingerprint density at radius 1 is 1.17 bits per heavy atom. The Bertz CT molecular complexity index is 476. The number of anilines is 1. The lowest BCUT2D eigenvalue weighted by atomic mass is 9.93. The van der Waals surface area contributed by atoms with E-state index in [0.717, 1.165) is 31.6 Å². The zero-order valence-corrected chi connectivity index (χ0v) is 10.7. The van der Waals surface area contributed by atoms with Gasteiger partial charge in [0.25, 0.3) is 0 Å². The van der Waals surface area contributed by atoms with E-state index in [-0.39, 0.29) is 0 Å². The molecular weight excluding hydrogens is 220 g/mol. The fourth-order valence-electron chi connectivity index (χ4n) is 2.42. The van der Waals surface area contributed by atoms with Crippen molar-refractivity contribution < 1.29 is 0 Å². The highest BCUT2D eigenvalue weighted by Crippen LogP contribution is 2.29. The third-order valence-electron chi connectivity index (χ3n) is 3.31. The summed E-state index contributed by atoms with van der Waals surface area (Å²) in [5, 5.41) is 0. The Kier molecular flexibility index (Phi) is 3.88. The standard InChI is InChI=1S/C16H20N2/c1-3-10-18(11-4-2)14-8-9-15-13(12-14)6-5-7-16(15)17/h3-7,12H,1-2,8-11,17H2. The van der Waals surface area contributed by atoms with E-state index in [2.05, 4.69) is 30.2 Å². The van der Waals surface area contributed by atoms with Gasteiger partial charge in [-0.2, -0.15) is 0 Å². The molecule has 0 bridgehead atoms. The second-order valence-corrected chi connectivity index (χ2v) is 4.53.